The van der Waals surface area contributed by atoms with E-state index in [4.69, 9.17) is 14.0 Å². The van der Waals surface area contributed by atoms with Crippen LogP contribution in [0.5, 0.6) is 11.5 Å². The number of anilines is 1. The Hall–Kier alpha value is -2.50. The summed E-state index contributed by atoms with van der Waals surface area (Å²) in [5.74, 6) is 1.06. The van der Waals surface area contributed by atoms with Gasteiger partial charge in [-0.1, -0.05) is 25.9 Å². The Balaban J connectivity index is 2.20. The van der Waals surface area contributed by atoms with Crippen molar-refractivity contribution in [3.63, 3.8) is 0 Å². The lowest BCUT2D eigenvalue weighted by Gasteiger charge is -2.12. The molecule has 1 heterocycles. The Morgan fingerprint density at radius 2 is 1.68 bits per heavy atom. The van der Waals surface area contributed by atoms with Crippen LogP contribution in [0.1, 0.15) is 36.8 Å². The van der Waals surface area contributed by atoms with Gasteiger partial charge in [-0.15, -0.1) is 0 Å². The molecular formula is C16H20N2O4. The summed E-state index contributed by atoms with van der Waals surface area (Å²) in [4.78, 5) is 12.3. The van der Waals surface area contributed by atoms with Gasteiger partial charge in [-0.3, -0.25) is 10.1 Å². The first-order valence-electron chi connectivity index (χ1n) is 6.85. The Morgan fingerprint density at radius 3 is 2.14 bits per heavy atom. The van der Waals surface area contributed by atoms with E-state index in [2.05, 4.69) is 10.5 Å². The summed E-state index contributed by atoms with van der Waals surface area (Å²) in [6.07, 6.45) is 0. The first-order valence-corrected chi connectivity index (χ1v) is 6.85. The highest BCUT2D eigenvalue weighted by molar-refractivity contribution is 6.04. The second-order valence-corrected chi connectivity index (χ2v) is 5.88. The molecule has 2 rings (SSSR count). The maximum absolute atomic E-state index is 12.3. The number of methoxy groups -OCH3 is 2. The van der Waals surface area contributed by atoms with Gasteiger partial charge >= 0.3 is 0 Å². The van der Waals surface area contributed by atoms with Crippen LogP contribution in [0.3, 0.4) is 0 Å². The van der Waals surface area contributed by atoms with Crippen LogP contribution < -0.4 is 14.8 Å². The van der Waals surface area contributed by atoms with Crippen LogP contribution in [-0.2, 0) is 5.41 Å². The van der Waals surface area contributed by atoms with Crippen molar-refractivity contribution in [3.8, 4) is 11.5 Å². The van der Waals surface area contributed by atoms with Gasteiger partial charge in [0.15, 0.2) is 0 Å². The van der Waals surface area contributed by atoms with Gasteiger partial charge in [0.2, 0.25) is 5.88 Å². The molecule has 1 aromatic heterocycles. The predicted molar refractivity (Wildman–Crippen MR) is 82.7 cm³/mol. The topological polar surface area (TPSA) is 73.6 Å². The predicted octanol–water partition coefficient (Wildman–Crippen LogP) is 3.24. The van der Waals surface area contributed by atoms with Crippen molar-refractivity contribution in [1.82, 2.24) is 5.16 Å². The smallest absolute Gasteiger partial charge is 0.258 e. The number of aromatic nitrogens is 1. The van der Waals surface area contributed by atoms with Gasteiger partial charge in [0.05, 0.1) is 19.9 Å². The molecule has 0 spiro atoms. The number of amides is 1. The van der Waals surface area contributed by atoms with Gasteiger partial charge in [0.25, 0.3) is 5.91 Å². The Labute approximate surface area is 129 Å². The average molecular weight is 304 g/mol. The number of benzene rings is 1. The van der Waals surface area contributed by atoms with Crippen LogP contribution in [-0.4, -0.2) is 25.3 Å². The van der Waals surface area contributed by atoms with Gasteiger partial charge in [-0.2, -0.15) is 0 Å². The lowest BCUT2D eigenvalue weighted by Crippen LogP contribution is -2.12. The minimum atomic E-state index is -0.325. The number of carbonyl (C=O) groups excluding carboxylic acids is 1. The van der Waals surface area contributed by atoms with E-state index in [0.717, 1.165) is 5.69 Å². The molecule has 0 unspecified atom stereocenters. The van der Waals surface area contributed by atoms with Gasteiger partial charge in [-0.25, -0.2) is 0 Å². The van der Waals surface area contributed by atoms with Crippen molar-refractivity contribution in [2.24, 2.45) is 0 Å². The number of carbonyl (C=O) groups is 1. The third-order valence-electron chi connectivity index (χ3n) is 3.13. The molecule has 1 aromatic carbocycles. The van der Waals surface area contributed by atoms with Gasteiger partial charge in [-0.05, 0) is 12.1 Å². The Bertz CT molecular complexity index is 649. The molecule has 0 radical (unpaired) electrons. The van der Waals surface area contributed by atoms with Crippen LogP contribution in [0.25, 0.3) is 0 Å². The molecule has 0 fully saturated rings. The molecule has 0 aliphatic carbocycles. The molecule has 1 amide bonds. The van der Waals surface area contributed by atoms with Crippen LogP contribution in [0.2, 0.25) is 0 Å². The molecule has 6 nitrogen and oxygen atoms in total. The fourth-order valence-corrected chi connectivity index (χ4v) is 1.81. The van der Waals surface area contributed by atoms with Crippen molar-refractivity contribution in [2.45, 2.75) is 26.2 Å². The monoisotopic (exact) mass is 304 g/mol. The molecule has 0 saturated carbocycles. The summed E-state index contributed by atoms with van der Waals surface area (Å²) in [7, 11) is 3.06. The van der Waals surface area contributed by atoms with Gasteiger partial charge in [0.1, 0.15) is 11.5 Å². The molecule has 0 saturated heterocycles. The van der Waals surface area contributed by atoms with E-state index in [1.165, 1.54) is 14.2 Å². The molecule has 0 aliphatic heterocycles. The summed E-state index contributed by atoms with van der Waals surface area (Å²) < 4.78 is 15.5. The van der Waals surface area contributed by atoms with Crippen LogP contribution in [0, 0.1) is 0 Å². The minimum Gasteiger partial charge on any atom is -0.497 e. The number of nitrogens with one attached hydrogen (secondary N) is 1. The fourth-order valence-electron chi connectivity index (χ4n) is 1.81. The highest BCUT2D eigenvalue weighted by Crippen LogP contribution is 2.25. The summed E-state index contributed by atoms with van der Waals surface area (Å²) in [5.41, 5.74) is 1.03. The third kappa shape index (κ3) is 3.58. The van der Waals surface area contributed by atoms with Crippen LogP contribution >= 0.6 is 0 Å². The van der Waals surface area contributed by atoms with Gasteiger partial charge < -0.3 is 14.0 Å². The highest BCUT2D eigenvalue weighted by Gasteiger charge is 2.20. The van der Waals surface area contributed by atoms with Crippen molar-refractivity contribution in [3.05, 3.63) is 35.5 Å². The fraction of sp³-hybridized carbons (Fsp3) is 0.375. The summed E-state index contributed by atoms with van der Waals surface area (Å²) in [6, 6.07) is 6.66. The third-order valence-corrected chi connectivity index (χ3v) is 3.13. The molecule has 0 aliphatic rings. The van der Waals surface area contributed by atoms with Crippen molar-refractivity contribution in [1.29, 1.82) is 0 Å². The van der Waals surface area contributed by atoms with E-state index < -0.39 is 0 Å². The number of nitrogens with zero attached hydrogens (tertiary/aromatic N) is 1. The Morgan fingerprint density at radius 1 is 1.09 bits per heavy atom. The van der Waals surface area contributed by atoms with E-state index in [-0.39, 0.29) is 11.3 Å². The quantitative estimate of drug-likeness (QED) is 0.938. The first kappa shape index (κ1) is 15.9. The number of hydrogen-bond acceptors (Lipinski definition) is 5. The lowest BCUT2D eigenvalue weighted by atomic mass is 9.92. The SMILES string of the molecule is COc1cc(OC)cc(C(=O)Nc2cc(C(C)(C)C)no2)c1. The molecule has 2 aromatic rings. The molecular weight excluding hydrogens is 284 g/mol. The minimum absolute atomic E-state index is 0.147. The largest absolute Gasteiger partial charge is 0.497 e. The summed E-state index contributed by atoms with van der Waals surface area (Å²) in [6.45, 7) is 6.05. The standard InChI is InChI=1S/C16H20N2O4/c1-16(2,3)13-9-14(22-18-13)17-15(19)10-6-11(20-4)8-12(7-10)21-5/h6-9H,1-5H3,(H,17,19). The highest BCUT2D eigenvalue weighted by atomic mass is 16.5. The molecule has 1 N–H and O–H groups in total. The maximum atomic E-state index is 12.3. The average Bonchev–Trinajstić information content (AvgIpc) is 2.95. The maximum Gasteiger partial charge on any atom is 0.258 e. The lowest BCUT2D eigenvalue weighted by molar-refractivity contribution is 0.102. The zero-order valence-corrected chi connectivity index (χ0v) is 13.4. The molecule has 118 valence electrons. The second kappa shape index (κ2) is 6.09. The molecule has 6 heteroatoms. The van der Waals surface area contributed by atoms with E-state index in [1.807, 2.05) is 20.8 Å². The second-order valence-electron chi connectivity index (χ2n) is 5.88. The van der Waals surface area contributed by atoms with Crippen molar-refractivity contribution < 1.29 is 18.8 Å². The van der Waals surface area contributed by atoms with E-state index >= 15 is 0 Å². The molecule has 0 atom stereocenters. The van der Waals surface area contributed by atoms with E-state index in [1.54, 1.807) is 24.3 Å². The van der Waals surface area contributed by atoms with Crippen LogP contribution in [0.4, 0.5) is 5.88 Å². The number of ether oxygens (including phenoxy) is 2. The zero-order chi connectivity index (χ0) is 16.3. The zero-order valence-electron chi connectivity index (χ0n) is 13.4. The van der Waals surface area contributed by atoms with Crippen molar-refractivity contribution >= 4 is 11.8 Å². The van der Waals surface area contributed by atoms with Crippen molar-refractivity contribution in [2.75, 3.05) is 19.5 Å². The normalized spacial score (nSPS) is 11.1. The van der Waals surface area contributed by atoms with Gasteiger partial charge in [0, 0.05) is 23.1 Å². The molecule has 0 bridgehead atoms. The summed E-state index contributed by atoms with van der Waals surface area (Å²) >= 11 is 0. The molecule has 22 heavy (non-hydrogen) atoms. The first-order chi connectivity index (χ1) is 10.3. The van der Waals surface area contributed by atoms with Crippen LogP contribution in [0.15, 0.2) is 28.8 Å². The van der Waals surface area contributed by atoms with E-state index in [0.29, 0.717) is 22.9 Å². The number of rotatable bonds is 4. The summed E-state index contributed by atoms with van der Waals surface area (Å²) in [5, 5.41) is 6.64. The number of hydrogen-bond donors (Lipinski definition) is 1. The van der Waals surface area contributed by atoms with E-state index in [9.17, 15) is 4.79 Å². The Kier molecular flexibility index (Phi) is 4.40.